The lowest BCUT2D eigenvalue weighted by Crippen LogP contribution is -2.46. The second-order valence-electron chi connectivity index (χ2n) is 6.82. The maximum absolute atomic E-state index is 12.5. The molecular weight excluding hydrogens is 344 g/mol. The summed E-state index contributed by atoms with van der Waals surface area (Å²) in [6, 6.07) is 11.7. The number of nitrogens with zero attached hydrogens (tertiary/aromatic N) is 3. The quantitative estimate of drug-likeness (QED) is 0.821. The average molecular weight is 366 g/mol. The number of aryl methyl sites for hydroxylation is 1. The van der Waals surface area contributed by atoms with Crippen molar-refractivity contribution in [2.24, 2.45) is 0 Å². The van der Waals surface area contributed by atoms with Crippen LogP contribution in [0.3, 0.4) is 0 Å². The van der Waals surface area contributed by atoms with Crippen LogP contribution in [0.4, 0.5) is 0 Å². The van der Waals surface area contributed by atoms with E-state index in [4.69, 9.17) is 4.74 Å². The van der Waals surface area contributed by atoms with Gasteiger partial charge in [-0.2, -0.15) is 10.4 Å². The number of esters is 1. The molecule has 1 amide bonds. The topological polar surface area (TPSA) is 97.0 Å². The van der Waals surface area contributed by atoms with E-state index < -0.39 is 24.0 Å². The first-order valence-electron chi connectivity index (χ1n) is 8.97. The van der Waals surface area contributed by atoms with Gasteiger partial charge in [0.05, 0.1) is 23.1 Å². The number of amides is 1. The fourth-order valence-electron chi connectivity index (χ4n) is 3.51. The Balaban J connectivity index is 1.67. The van der Waals surface area contributed by atoms with E-state index >= 15 is 0 Å². The maximum Gasteiger partial charge on any atom is 0.342 e. The minimum atomic E-state index is -0.826. The number of ether oxygens (including phenoxy) is 1. The van der Waals surface area contributed by atoms with Crippen LogP contribution in [0.2, 0.25) is 0 Å². The summed E-state index contributed by atoms with van der Waals surface area (Å²) in [6.07, 6.45) is 3.08. The number of carbonyl (C=O) groups excluding carboxylic acids is 2. The zero-order valence-electron chi connectivity index (χ0n) is 15.5. The fraction of sp³-hybridized carbons (Fsp3) is 0.400. The summed E-state index contributed by atoms with van der Waals surface area (Å²) in [7, 11) is 0. The van der Waals surface area contributed by atoms with Gasteiger partial charge in [0.2, 0.25) is 0 Å². The minimum Gasteiger partial charge on any atom is -0.452 e. The molecule has 1 aromatic carbocycles. The van der Waals surface area contributed by atoms with Gasteiger partial charge in [-0.25, -0.2) is 9.48 Å². The molecule has 1 aromatic heterocycles. The molecule has 27 heavy (non-hydrogen) atoms. The first-order valence-corrected chi connectivity index (χ1v) is 8.97. The van der Waals surface area contributed by atoms with Crippen molar-refractivity contribution in [3.63, 3.8) is 0 Å². The van der Waals surface area contributed by atoms with E-state index in [1.807, 2.05) is 30.3 Å². The van der Waals surface area contributed by atoms with Crippen molar-refractivity contribution >= 4 is 11.9 Å². The first-order chi connectivity index (χ1) is 13.0. The summed E-state index contributed by atoms with van der Waals surface area (Å²) < 4.78 is 6.86. The third kappa shape index (κ3) is 3.85. The van der Waals surface area contributed by atoms with E-state index in [-0.39, 0.29) is 0 Å². The third-order valence-electron chi connectivity index (χ3n) is 4.88. The summed E-state index contributed by atoms with van der Waals surface area (Å²) in [6.45, 7) is 3.09. The Hall–Kier alpha value is -3.14. The van der Waals surface area contributed by atoms with E-state index in [2.05, 4.69) is 16.5 Å². The predicted molar refractivity (Wildman–Crippen MR) is 98.3 cm³/mol. The number of nitriles is 1. The highest BCUT2D eigenvalue weighted by Gasteiger charge is 2.35. The van der Waals surface area contributed by atoms with Gasteiger partial charge in [0.15, 0.2) is 6.61 Å². The van der Waals surface area contributed by atoms with Crippen molar-refractivity contribution < 1.29 is 14.3 Å². The zero-order chi connectivity index (χ0) is 19.4. The molecule has 1 fully saturated rings. The summed E-state index contributed by atoms with van der Waals surface area (Å²) in [5.74, 6) is -1.06. The molecule has 0 unspecified atom stereocenters. The molecule has 0 aliphatic heterocycles. The van der Waals surface area contributed by atoms with Gasteiger partial charge in [-0.1, -0.05) is 18.2 Å². The molecule has 7 nitrogen and oxygen atoms in total. The van der Waals surface area contributed by atoms with Crippen LogP contribution < -0.4 is 5.32 Å². The van der Waals surface area contributed by atoms with Gasteiger partial charge < -0.3 is 10.1 Å². The highest BCUT2D eigenvalue weighted by atomic mass is 16.5. The lowest BCUT2D eigenvalue weighted by molar-refractivity contribution is -0.125. The summed E-state index contributed by atoms with van der Waals surface area (Å²) >= 11 is 0. The molecule has 0 bridgehead atoms. The van der Waals surface area contributed by atoms with Gasteiger partial charge >= 0.3 is 5.97 Å². The molecule has 3 rings (SSSR count). The molecule has 1 heterocycles. The third-order valence-corrected chi connectivity index (χ3v) is 4.88. The smallest absolute Gasteiger partial charge is 0.342 e. The number of benzene rings is 1. The molecule has 0 radical (unpaired) electrons. The SMILES string of the molecule is Cc1nn(-c2ccccc2)c(C)c1C(=O)OCC(=O)NC1(C#N)CCCC1. The van der Waals surface area contributed by atoms with Gasteiger partial charge in [-0.15, -0.1) is 0 Å². The molecule has 7 heteroatoms. The number of hydrogen-bond acceptors (Lipinski definition) is 5. The van der Waals surface area contributed by atoms with Crippen LogP contribution in [-0.4, -0.2) is 33.8 Å². The minimum absolute atomic E-state index is 0.350. The fourth-order valence-corrected chi connectivity index (χ4v) is 3.51. The van der Waals surface area contributed by atoms with Crippen molar-refractivity contribution in [2.75, 3.05) is 6.61 Å². The van der Waals surface area contributed by atoms with Crippen LogP contribution >= 0.6 is 0 Å². The zero-order valence-corrected chi connectivity index (χ0v) is 15.5. The second kappa shape index (κ2) is 7.62. The second-order valence-corrected chi connectivity index (χ2v) is 6.82. The van der Waals surface area contributed by atoms with Gasteiger partial charge in [0.1, 0.15) is 11.1 Å². The van der Waals surface area contributed by atoms with Gasteiger partial charge in [0, 0.05) is 0 Å². The Morgan fingerprint density at radius 2 is 1.93 bits per heavy atom. The van der Waals surface area contributed by atoms with Crippen molar-refractivity contribution in [3.8, 4) is 11.8 Å². The van der Waals surface area contributed by atoms with E-state index in [0.29, 0.717) is 29.8 Å². The highest BCUT2D eigenvalue weighted by Crippen LogP contribution is 2.28. The molecule has 140 valence electrons. The van der Waals surface area contributed by atoms with Crippen LogP contribution in [0.25, 0.3) is 5.69 Å². The Kier molecular flexibility index (Phi) is 5.26. The standard InChI is InChI=1S/C20H22N4O3/c1-14-18(15(2)24(23-14)16-8-4-3-5-9-16)19(26)27-12-17(25)22-20(13-21)10-6-7-11-20/h3-5,8-9H,6-7,10-12H2,1-2H3,(H,22,25). The van der Waals surface area contributed by atoms with Crippen LogP contribution in [0.15, 0.2) is 30.3 Å². The predicted octanol–water partition coefficient (Wildman–Crippen LogP) is 2.60. The van der Waals surface area contributed by atoms with Gasteiger partial charge in [0.25, 0.3) is 5.91 Å². The number of para-hydroxylation sites is 1. The van der Waals surface area contributed by atoms with Crippen LogP contribution in [-0.2, 0) is 9.53 Å². The molecule has 1 saturated carbocycles. The van der Waals surface area contributed by atoms with Gasteiger partial charge in [-0.05, 0) is 51.7 Å². The summed E-state index contributed by atoms with van der Waals surface area (Å²) in [4.78, 5) is 24.6. The molecule has 1 aliphatic rings. The number of hydrogen-bond donors (Lipinski definition) is 1. The largest absolute Gasteiger partial charge is 0.452 e. The number of rotatable bonds is 5. The van der Waals surface area contributed by atoms with Gasteiger partial charge in [-0.3, -0.25) is 4.79 Å². The normalized spacial score (nSPS) is 15.1. The van der Waals surface area contributed by atoms with Crippen molar-refractivity contribution in [1.29, 1.82) is 5.26 Å². The maximum atomic E-state index is 12.5. The van der Waals surface area contributed by atoms with Crippen LogP contribution in [0.1, 0.15) is 47.4 Å². The molecule has 2 aromatic rings. The van der Waals surface area contributed by atoms with E-state index in [9.17, 15) is 14.9 Å². The molecule has 1 N–H and O–H groups in total. The van der Waals surface area contributed by atoms with Crippen LogP contribution in [0.5, 0.6) is 0 Å². The number of nitrogens with one attached hydrogen (secondary N) is 1. The Morgan fingerprint density at radius 3 is 2.56 bits per heavy atom. The number of carbonyl (C=O) groups is 2. The Morgan fingerprint density at radius 1 is 1.26 bits per heavy atom. The number of aromatic nitrogens is 2. The molecule has 0 saturated heterocycles. The van der Waals surface area contributed by atoms with Crippen LogP contribution in [0, 0.1) is 25.2 Å². The Bertz CT molecular complexity index is 890. The molecular formula is C20H22N4O3. The molecule has 0 atom stereocenters. The monoisotopic (exact) mass is 366 g/mol. The van der Waals surface area contributed by atoms with E-state index in [1.165, 1.54) is 0 Å². The lowest BCUT2D eigenvalue weighted by atomic mass is 10.00. The average Bonchev–Trinajstić information content (AvgIpc) is 3.25. The summed E-state index contributed by atoms with van der Waals surface area (Å²) in [5.41, 5.74) is 1.54. The van der Waals surface area contributed by atoms with E-state index in [1.54, 1.807) is 18.5 Å². The first kappa shape index (κ1) is 18.6. The molecule has 0 spiro atoms. The molecule has 1 aliphatic carbocycles. The van der Waals surface area contributed by atoms with Crippen molar-refractivity contribution in [1.82, 2.24) is 15.1 Å². The van der Waals surface area contributed by atoms with E-state index in [0.717, 1.165) is 18.5 Å². The summed E-state index contributed by atoms with van der Waals surface area (Å²) in [5, 5.41) is 16.4. The lowest BCUT2D eigenvalue weighted by Gasteiger charge is -2.21. The Labute approximate surface area is 157 Å². The van der Waals surface area contributed by atoms with Crippen molar-refractivity contribution in [3.05, 3.63) is 47.3 Å². The highest BCUT2D eigenvalue weighted by molar-refractivity contribution is 5.93. The van der Waals surface area contributed by atoms with Crippen molar-refractivity contribution in [2.45, 2.75) is 45.1 Å².